The molecule has 0 saturated carbocycles. The number of rotatable bonds is 8. The zero-order chi connectivity index (χ0) is 17.6. The highest BCUT2D eigenvalue weighted by atomic mass is 15.3. The van der Waals surface area contributed by atoms with E-state index in [-0.39, 0.29) is 0 Å². The van der Waals surface area contributed by atoms with E-state index in [1.54, 1.807) is 0 Å². The molecule has 3 rings (SSSR count). The van der Waals surface area contributed by atoms with Crippen molar-refractivity contribution in [2.75, 3.05) is 19.6 Å². The normalized spacial score (nSPS) is 11.7. The molecule has 0 unspecified atom stereocenters. The van der Waals surface area contributed by atoms with Crippen LogP contribution >= 0.6 is 0 Å². The fraction of sp³-hybridized carbons (Fsp3) is 0.400. The fourth-order valence-electron chi connectivity index (χ4n) is 3.09. The van der Waals surface area contributed by atoms with Crippen LogP contribution in [0.2, 0.25) is 0 Å². The second kappa shape index (κ2) is 8.23. The molecule has 132 valence electrons. The molecule has 0 aliphatic rings. The summed E-state index contributed by atoms with van der Waals surface area (Å²) in [5, 5.41) is 5.55. The third-order valence-corrected chi connectivity index (χ3v) is 4.39. The van der Waals surface area contributed by atoms with Gasteiger partial charge in [0.15, 0.2) is 5.65 Å². The SMILES string of the molecule is CC(C)n1ncc2cc(CN(CCN)CCc3ccccc3)cnc21. The Morgan fingerprint density at radius 3 is 2.60 bits per heavy atom. The molecule has 0 fully saturated rings. The first-order chi connectivity index (χ1) is 12.2. The largest absolute Gasteiger partial charge is 0.329 e. The zero-order valence-corrected chi connectivity index (χ0v) is 15.1. The molecule has 5 nitrogen and oxygen atoms in total. The van der Waals surface area contributed by atoms with Crippen LogP contribution in [0.4, 0.5) is 0 Å². The number of nitrogens with zero attached hydrogens (tertiary/aromatic N) is 4. The molecule has 0 spiro atoms. The second-order valence-corrected chi connectivity index (χ2v) is 6.74. The van der Waals surface area contributed by atoms with Crippen molar-refractivity contribution < 1.29 is 0 Å². The van der Waals surface area contributed by atoms with Crippen LogP contribution in [0.3, 0.4) is 0 Å². The number of hydrogen-bond acceptors (Lipinski definition) is 4. The molecule has 2 heterocycles. The molecule has 3 aromatic rings. The maximum absolute atomic E-state index is 5.81. The van der Waals surface area contributed by atoms with Crippen molar-refractivity contribution in [2.24, 2.45) is 5.73 Å². The van der Waals surface area contributed by atoms with Crippen molar-refractivity contribution in [1.29, 1.82) is 0 Å². The van der Waals surface area contributed by atoms with E-state index < -0.39 is 0 Å². The molecular formula is C20H27N5. The summed E-state index contributed by atoms with van der Waals surface area (Å²) in [5.41, 5.74) is 9.32. The van der Waals surface area contributed by atoms with Gasteiger partial charge in [0.1, 0.15) is 0 Å². The van der Waals surface area contributed by atoms with Gasteiger partial charge in [-0.3, -0.25) is 4.90 Å². The minimum Gasteiger partial charge on any atom is -0.329 e. The Labute approximate surface area is 149 Å². The summed E-state index contributed by atoms with van der Waals surface area (Å²) in [7, 11) is 0. The van der Waals surface area contributed by atoms with Crippen molar-refractivity contribution in [1.82, 2.24) is 19.7 Å². The highest BCUT2D eigenvalue weighted by Crippen LogP contribution is 2.17. The number of nitrogens with two attached hydrogens (primary N) is 1. The van der Waals surface area contributed by atoms with Crippen molar-refractivity contribution in [3.8, 4) is 0 Å². The fourth-order valence-corrected chi connectivity index (χ4v) is 3.09. The van der Waals surface area contributed by atoms with E-state index in [1.165, 1.54) is 11.1 Å². The van der Waals surface area contributed by atoms with Gasteiger partial charge in [-0.05, 0) is 37.5 Å². The van der Waals surface area contributed by atoms with E-state index in [0.717, 1.165) is 37.1 Å². The van der Waals surface area contributed by atoms with Crippen LogP contribution in [0.1, 0.15) is 31.0 Å². The van der Waals surface area contributed by atoms with Gasteiger partial charge < -0.3 is 5.73 Å². The maximum Gasteiger partial charge on any atom is 0.157 e. The van der Waals surface area contributed by atoms with Gasteiger partial charge in [0.25, 0.3) is 0 Å². The Hall–Kier alpha value is -2.24. The summed E-state index contributed by atoms with van der Waals surface area (Å²) in [6.45, 7) is 7.64. The molecule has 0 saturated heterocycles. The molecule has 0 aliphatic heterocycles. The van der Waals surface area contributed by atoms with Crippen LogP contribution < -0.4 is 5.73 Å². The minimum atomic E-state index is 0.315. The Morgan fingerprint density at radius 2 is 1.88 bits per heavy atom. The molecule has 0 amide bonds. The van der Waals surface area contributed by atoms with E-state index in [4.69, 9.17) is 5.73 Å². The van der Waals surface area contributed by atoms with E-state index in [1.807, 2.05) is 17.1 Å². The third-order valence-electron chi connectivity index (χ3n) is 4.39. The Morgan fingerprint density at radius 1 is 1.08 bits per heavy atom. The first-order valence-corrected chi connectivity index (χ1v) is 8.96. The monoisotopic (exact) mass is 337 g/mol. The second-order valence-electron chi connectivity index (χ2n) is 6.74. The number of benzene rings is 1. The molecule has 2 N–H and O–H groups in total. The quantitative estimate of drug-likeness (QED) is 0.686. The lowest BCUT2D eigenvalue weighted by molar-refractivity contribution is 0.276. The van der Waals surface area contributed by atoms with Crippen LogP contribution in [0.25, 0.3) is 11.0 Å². The smallest absolute Gasteiger partial charge is 0.157 e. The van der Waals surface area contributed by atoms with Crippen LogP contribution in [-0.2, 0) is 13.0 Å². The van der Waals surface area contributed by atoms with Crippen molar-refractivity contribution in [3.63, 3.8) is 0 Å². The van der Waals surface area contributed by atoms with Crippen LogP contribution in [0, 0.1) is 0 Å². The number of pyridine rings is 1. The lowest BCUT2D eigenvalue weighted by Crippen LogP contribution is -2.31. The molecular weight excluding hydrogens is 310 g/mol. The molecule has 0 atom stereocenters. The first-order valence-electron chi connectivity index (χ1n) is 8.96. The van der Waals surface area contributed by atoms with Gasteiger partial charge in [0.05, 0.1) is 6.20 Å². The van der Waals surface area contributed by atoms with Crippen LogP contribution in [-0.4, -0.2) is 39.3 Å². The van der Waals surface area contributed by atoms with Gasteiger partial charge in [0.2, 0.25) is 0 Å². The Balaban J connectivity index is 1.70. The molecule has 2 aromatic heterocycles. The molecule has 0 aliphatic carbocycles. The lowest BCUT2D eigenvalue weighted by atomic mass is 10.1. The van der Waals surface area contributed by atoms with Crippen molar-refractivity contribution >= 4 is 11.0 Å². The Kier molecular flexibility index (Phi) is 5.79. The van der Waals surface area contributed by atoms with E-state index in [2.05, 4.69) is 65.2 Å². The standard InChI is InChI=1S/C20H27N5/c1-16(2)25-20-19(14-23-25)12-18(13-22-20)15-24(11-9-21)10-8-17-6-4-3-5-7-17/h3-7,12-14,16H,8-11,15,21H2,1-2H3. The highest BCUT2D eigenvalue weighted by molar-refractivity contribution is 5.75. The van der Waals surface area contributed by atoms with Gasteiger partial charge in [0, 0.05) is 43.8 Å². The van der Waals surface area contributed by atoms with Gasteiger partial charge in [-0.2, -0.15) is 5.10 Å². The molecule has 0 radical (unpaired) electrons. The molecule has 5 heteroatoms. The molecule has 1 aromatic carbocycles. The topological polar surface area (TPSA) is 60.0 Å². The van der Waals surface area contributed by atoms with Gasteiger partial charge in [-0.25, -0.2) is 9.67 Å². The lowest BCUT2D eigenvalue weighted by Gasteiger charge is -2.21. The van der Waals surface area contributed by atoms with Crippen molar-refractivity contribution in [3.05, 3.63) is 59.9 Å². The summed E-state index contributed by atoms with van der Waals surface area (Å²) < 4.78 is 1.96. The van der Waals surface area contributed by atoms with Gasteiger partial charge in [-0.15, -0.1) is 0 Å². The van der Waals surface area contributed by atoms with E-state index in [9.17, 15) is 0 Å². The number of fused-ring (bicyclic) bond motifs is 1. The third kappa shape index (κ3) is 4.44. The van der Waals surface area contributed by atoms with Crippen molar-refractivity contribution in [2.45, 2.75) is 32.9 Å². The number of aromatic nitrogens is 3. The van der Waals surface area contributed by atoms with Gasteiger partial charge >= 0.3 is 0 Å². The van der Waals surface area contributed by atoms with E-state index in [0.29, 0.717) is 12.6 Å². The van der Waals surface area contributed by atoms with E-state index >= 15 is 0 Å². The van der Waals surface area contributed by atoms with Gasteiger partial charge in [-0.1, -0.05) is 30.3 Å². The van der Waals surface area contributed by atoms with Crippen LogP contribution in [0.15, 0.2) is 48.8 Å². The average Bonchev–Trinajstić information content (AvgIpc) is 3.04. The maximum atomic E-state index is 5.81. The highest BCUT2D eigenvalue weighted by Gasteiger charge is 2.10. The summed E-state index contributed by atoms with van der Waals surface area (Å²) >= 11 is 0. The predicted molar refractivity (Wildman–Crippen MR) is 102 cm³/mol. The Bertz CT molecular complexity index is 794. The first kappa shape index (κ1) is 17.6. The minimum absolute atomic E-state index is 0.315. The number of hydrogen-bond donors (Lipinski definition) is 1. The summed E-state index contributed by atoms with van der Waals surface area (Å²) in [4.78, 5) is 7.03. The summed E-state index contributed by atoms with van der Waals surface area (Å²) in [6, 6.07) is 13.1. The predicted octanol–water partition coefficient (Wildman–Crippen LogP) is 3.02. The van der Waals surface area contributed by atoms with Crippen LogP contribution in [0.5, 0.6) is 0 Å². The summed E-state index contributed by atoms with van der Waals surface area (Å²) in [6.07, 6.45) is 4.90. The molecule has 25 heavy (non-hydrogen) atoms. The average molecular weight is 337 g/mol. The molecule has 0 bridgehead atoms. The summed E-state index contributed by atoms with van der Waals surface area (Å²) in [5.74, 6) is 0. The zero-order valence-electron chi connectivity index (χ0n) is 15.1.